The van der Waals surface area contributed by atoms with Crippen LogP contribution in [0, 0.1) is 0 Å². The maximum atomic E-state index is 4.58. The molecular formula is C22H24N6. The Morgan fingerprint density at radius 3 is 2.54 bits per heavy atom. The number of pyridine rings is 1. The van der Waals surface area contributed by atoms with Crippen LogP contribution in [-0.4, -0.2) is 27.5 Å². The molecule has 1 N–H and O–H groups in total. The van der Waals surface area contributed by atoms with E-state index in [0.717, 1.165) is 36.3 Å². The van der Waals surface area contributed by atoms with Gasteiger partial charge in [0.1, 0.15) is 18.2 Å². The van der Waals surface area contributed by atoms with Crippen molar-refractivity contribution >= 4 is 17.2 Å². The van der Waals surface area contributed by atoms with E-state index in [0.29, 0.717) is 0 Å². The standard InChI is InChI=1S/C22H24N6/c1-2-27-21-20(14-24-15-26-21)28(22(27)17-9-11-23-12-10-17)19-7-3-16(4-8-19)13-25-18-5-6-18/h3-4,7-12,14-15,18,22,25H,2,5-6,13H2,1H3. The van der Waals surface area contributed by atoms with Gasteiger partial charge in [0.2, 0.25) is 0 Å². The molecule has 3 aromatic rings. The molecule has 1 aliphatic heterocycles. The fourth-order valence-electron chi connectivity index (χ4n) is 3.89. The summed E-state index contributed by atoms with van der Waals surface area (Å²) in [6.45, 7) is 3.95. The van der Waals surface area contributed by atoms with Crippen LogP contribution in [0.3, 0.4) is 0 Å². The number of anilines is 3. The van der Waals surface area contributed by atoms with E-state index < -0.39 is 0 Å². The first-order valence-electron chi connectivity index (χ1n) is 9.93. The van der Waals surface area contributed by atoms with Gasteiger partial charge in [-0.2, -0.15) is 0 Å². The summed E-state index contributed by atoms with van der Waals surface area (Å²) in [5, 5.41) is 3.58. The van der Waals surface area contributed by atoms with Crippen molar-refractivity contribution in [1.82, 2.24) is 20.3 Å². The minimum absolute atomic E-state index is 0.0372. The highest BCUT2D eigenvalue weighted by molar-refractivity contribution is 5.81. The highest BCUT2D eigenvalue weighted by Gasteiger charge is 2.38. The van der Waals surface area contributed by atoms with Crippen LogP contribution in [0.2, 0.25) is 0 Å². The molecule has 1 aromatic carbocycles. The fraction of sp³-hybridized carbons (Fsp3) is 0.318. The van der Waals surface area contributed by atoms with Crippen molar-refractivity contribution < 1.29 is 0 Å². The molecule has 2 aromatic heterocycles. The average Bonchev–Trinajstić information content (AvgIpc) is 3.53. The summed E-state index contributed by atoms with van der Waals surface area (Å²) in [4.78, 5) is 17.7. The summed E-state index contributed by atoms with van der Waals surface area (Å²) in [6.07, 6.45) is 9.89. The van der Waals surface area contributed by atoms with Crippen LogP contribution in [0.15, 0.2) is 61.3 Å². The SMILES string of the molecule is CCN1c2ncncc2N(c2ccc(CNC3CC3)cc2)C1c1ccncc1. The summed E-state index contributed by atoms with van der Waals surface area (Å²) in [5.41, 5.74) is 4.68. The predicted molar refractivity (Wildman–Crippen MR) is 110 cm³/mol. The van der Waals surface area contributed by atoms with Crippen LogP contribution in [0.25, 0.3) is 0 Å². The van der Waals surface area contributed by atoms with E-state index in [4.69, 9.17) is 0 Å². The van der Waals surface area contributed by atoms with Gasteiger partial charge >= 0.3 is 0 Å². The summed E-state index contributed by atoms with van der Waals surface area (Å²) in [7, 11) is 0. The molecule has 0 saturated heterocycles. The summed E-state index contributed by atoms with van der Waals surface area (Å²) in [6, 6.07) is 13.7. The zero-order chi connectivity index (χ0) is 18.9. The van der Waals surface area contributed by atoms with Crippen LogP contribution in [0.5, 0.6) is 0 Å². The second-order valence-corrected chi connectivity index (χ2v) is 7.36. The van der Waals surface area contributed by atoms with Crippen molar-refractivity contribution in [2.24, 2.45) is 0 Å². The molecule has 0 bridgehead atoms. The smallest absolute Gasteiger partial charge is 0.157 e. The van der Waals surface area contributed by atoms with E-state index >= 15 is 0 Å². The van der Waals surface area contributed by atoms with Crippen molar-refractivity contribution in [3.05, 3.63) is 72.4 Å². The maximum absolute atomic E-state index is 4.58. The second-order valence-electron chi connectivity index (χ2n) is 7.36. The van der Waals surface area contributed by atoms with Gasteiger partial charge in [0, 0.05) is 37.2 Å². The minimum atomic E-state index is 0.0372. The molecule has 1 aliphatic carbocycles. The van der Waals surface area contributed by atoms with Gasteiger partial charge in [-0.25, -0.2) is 9.97 Å². The van der Waals surface area contributed by atoms with E-state index in [1.807, 2.05) is 18.6 Å². The fourth-order valence-corrected chi connectivity index (χ4v) is 3.89. The Balaban J connectivity index is 1.52. The lowest BCUT2D eigenvalue weighted by molar-refractivity contribution is 0.671. The van der Waals surface area contributed by atoms with E-state index in [1.54, 1.807) is 6.33 Å². The minimum Gasteiger partial charge on any atom is -0.330 e. The topological polar surface area (TPSA) is 57.2 Å². The number of nitrogens with one attached hydrogen (secondary N) is 1. The first kappa shape index (κ1) is 17.1. The molecule has 28 heavy (non-hydrogen) atoms. The van der Waals surface area contributed by atoms with Crippen LogP contribution in [-0.2, 0) is 6.54 Å². The number of benzene rings is 1. The Labute approximate surface area is 165 Å². The number of rotatable bonds is 6. The van der Waals surface area contributed by atoms with Crippen molar-refractivity contribution in [2.45, 2.75) is 38.5 Å². The molecule has 3 heterocycles. The molecular weight excluding hydrogens is 348 g/mol. The van der Waals surface area contributed by atoms with Crippen LogP contribution < -0.4 is 15.1 Å². The number of hydrogen-bond donors (Lipinski definition) is 1. The molecule has 2 aliphatic rings. The van der Waals surface area contributed by atoms with Gasteiger partial charge < -0.3 is 15.1 Å². The molecule has 142 valence electrons. The van der Waals surface area contributed by atoms with Gasteiger partial charge in [-0.1, -0.05) is 12.1 Å². The monoisotopic (exact) mass is 372 g/mol. The quantitative estimate of drug-likeness (QED) is 0.710. The maximum Gasteiger partial charge on any atom is 0.157 e. The molecule has 1 saturated carbocycles. The van der Waals surface area contributed by atoms with Crippen LogP contribution >= 0.6 is 0 Å². The van der Waals surface area contributed by atoms with E-state index in [9.17, 15) is 0 Å². The summed E-state index contributed by atoms with van der Waals surface area (Å²) >= 11 is 0. The van der Waals surface area contributed by atoms with Crippen molar-refractivity contribution in [3.8, 4) is 0 Å². The molecule has 0 amide bonds. The molecule has 1 unspecified atom stereocenters. The van der Waals surface area contributed by atoms with Crippen LogP contribution in [0.4, 0.5) is 17.2 Å². The highest BCUT2D eigenvalue weighted by atomic mass is 15.4. The van der Waals surface area contributed by atoms with E-state index in [1.165, 1.54) is 24.0 Å². The molecule has 1 atom stereocenters. The number of aromatic nitrogens is 3. The molecule has 6 heteroatoms. The number of fused-ring (bicyclic) bond motifs is 1. The third-order valence-electron chi connectivity index (χ3n) is 5.48. The lowest BCUT2D eigenvalue weighted by Gasteiger charge is -2.32. The Kier molecular flexibility index (Phi) is 4.41. The van der Waals surface area contributed by atoms with Gasteiger partial charge in [0.05, 0.1) is 6.20 Å². The number of hydrogen-bond acceptors (Lipinski definition) is 6. The van der Waals surface area contributed by atoms with Gasteiger partial charge in [0.15, 0.2) is 5.82 Å². The molecule has 0 radical (unpaired) electrons. The van der Waals surface area contributed by atoms with E-state index in [-0.39, 0.29) is 6.17 Å². The Morgan fingerprint density at radius 2 is 1.82 bits per heavy atom. The van der Waals surface area contributed by atoms with Crippen LogP contribution in [0.1, 0.15) is 37.1 Å². The molecule has 5 rings (SSSR count). The van der Waals surface area contributed by atoms with E-state index in [2.05, 4.69) is 73.4 Å². The molecule has 1 fully saturated rings. The zero-order valence-electron chi connectivity index (χ0n) is 16.0. The average molecular weight is 372 g/mol. The Bertz CT molecular complexity index is 939. The number of nitrogens with zero attached hydrogens (tertiary/aromatic N) is 5. The summed E-state index contributed by atoms with van der Waals surface area (Å²) in [5.74, 6) is 0.971. The van der Waals surface area contributed by atoms with Gasteiger partial charge in [-0.15, -0.1) is 0 Å². The first-order chi connectivity index (χ1) is 13.8. The van der Waals surface area contributed by atoms with Crippen molar-refractivity contribution in [3.63, 3.8) is 0 Å². The lowest BCUT2D eigenvalue weighted by atomic mass is 10.1. The third-order valence-corrected chi connectivity index (χ3v) is 5.48. The van der Waals surface area contributed by atoms with Gasteiger partial charge in [-0.3, -0.25) is 4.98 Å². The lowest BCUT2D eigenvalue weighted by Crippen LogP contribution is -2.33. The summed E-state index contributed by atoms with van der Waals surface area (Å²) < 4.78 is 0. The van der Waals surface area contributed by atoms with Gasteiger partial charge in [-0.05, 0) is 55.2 Å². The normalized spacial score (nSPS) is 18.4. The predicted octanol–water partition coefficient (Wildman–Crippen LogP) is 3.80. The molecule has 0 spiro atoms. The van der Waals surface area contributed by atoms with Crippen molar-refractivity contribution in [1.29, 1.82) is 0 Å². The highest BCUT2D eigenvalue weighted by Crippen LogP contribution is 2.48. The zero-order valence-corrected chi connectivity index (χ0v) is 16.0. The van der Waals surface area contributed by atoms with Crippen molar-refractivity contribution in [2.75, 3.05) is 16.3 Å². The Morgan fingerprint density at radius 1 is 1.04 bits per heavy atom. The third kappa shape index (κ3) is 3.10. The first-order valence-corrected chi connectivity index (χ1v) is 9.93. The molecule has 6 nitrogen and oxygen atoms in total. The van der Waals surface area contributed by atoms with Gasteiger partial charge in [0.25, 0.3) is 0 Å². The largest absolute Gasteiger partial charge is 0.330 e. The Hall–Kier alpha value is -2.99. The second kappa shape index (κ2) is 7.20.